The van der Waals surface area contributed by atoms with Gasteiger partial charge in [0.1, 0.15) is 11.6 Å². The van der Waals surface area contributed by atoms with Crippen molar-refractivity contribution in [1.82, 2.24) is 4.90 Å². The monoisotopic (exact) mass is 376 g/mol. The van der Waals surface area contributed by atoms with Crippen molar-refractivity contribution in [3.8, 4) is 5.75 Å². The molecule has 0 aliphatic rings. The first-order valence-electron chi connectivity index (χ1n) is 9.49. The Morgan fingerprint density at radius 2 is 1.58 bits per heavy atom. The number of nitrogens with zero attached hydrogens (tertiary/aromatic N) is 1. The van der Waals surface area contributed by atoms with Gasteiger partial charge in [-0.2, -0.15) is 0 Å². The van der Waals surface area contributed by atoms with Gasteiger partial charge in [0.05, 0.1) is 6.61 Å². The minimum Gasteiger partial charge on any atom is -0.493 e. The Balaban J connectivity index is 0.00000338. The standard InChI is InChI=1S/C22H32N2O.ClH/c1-6-7-10-15-25-21-14-13-20(18-11-8-9-12-19(18)21)22(23)24(16(2)3)17(4)5;/h8-9,11-14,16-17,23H,6-7,10,15H2,1-5H3;1H. The molecule has 1 N–H and O–H groups in total. The van der Waals surface area contributed by atoms with E-state index in [0.29, 0.717) is 5.84 Å². The molecule has 26 heavy (non-hydrogen) atoms. The van der Waals surface area contributed by atoms with Crippen molar-refractivity contribution in [2.24, 2.45) is 0 Å². The number of halogens is 1. The highest BCUT2D eigenvalue weighted by Crippen LogP contribution is 2.30. The van der Waals surface area contributed by atoms with Crippen LogP contribution in [0.3, 0.4) is 0 Å². The van der Waals surface area contributed by atoms with E-state index >= 15 is 0 Å². The average molecular weight is 377 g/mol. The van der Waals surface area contributed by atoms with E-state index in [4.69, 9.17) is 10.1 Å². The number of rotatable bonds is 8. The minimum atomic E-state index is 0. The van der Waals surface area contributed by atoms with Gasteiger partial charge in [0, 0.05) is 23.0 Å². The molecule has 0 atom stereocenters. The zero-order chi connectivity index (χ0) is 18.4. The molecule has 2 aromatic carbocycles. The maximum Gasteiger partial charge on any atom is 0.129 e. The Bertz CT molecular complexity index is 704. The van der Waals surface area contributed by atoms with Crippen molar-refractivity contribution in [3.05, 3.63) is 42.0 Å². The maximum atomic E-state index is 8.78. The van der Waals surface area contributed by atoms with E-state index in [0.717, 1.165) is 35.1 Å². The molecule has 0 spiro atoms. The molecule has 0 amide bonds. The lowest BCUT2D eigenvalue weighted by Crippen LogP contribution is -2.42. The molecule has 0 aromatic heterocycles. The summed E-state index contributed by atoms with van der Waals surface area (Å²) in [5.74, 6) is 1.50. The molecular formula is C22H33ClN2O. The van der Waals surface area contributed by atoms with Crippen LogP contribution in [0.5, 0.6) is 5.75 Å². The molecule has 3 nitrogen and oxygen atoms in total. The number of hydrogen-bond donors (Lipinski definition) is 1. The summed E-state index contributed by atoms with van der Waals surface area (Å²) in [4.78, 5) is 2.16. The fourth-order valence-corrected chi connectivity index (χ4v) is 3.39. The van der Waals surface area contributed by atoms with Crippen molar-refractivity contribution in [2.75, 3.05) is 6.61 Å². The average Bonchev–Trinajstić information content (AvgIpc) is 2.57. The lowest BCUT2D eigenvalue weighted by molar-refractivity contribution is 0.291. The van der Waals surface area contributed by atoms with Crippen LogP contribution >= 0.6 is 12.4 Å². The molecule has 0 radical (unpaired) electrons. The number of unbranched alkanes of at least 4 members (excludes halogenated alkanes) is 2. The zero-order valence-electron chi connectivity index (χ0n) is 16.7. The van der Waals surface area contributed by atoms with Gasteiger partial charge in [-0.15, -0.1) is 12.4 Å². The highest BCUT2D eigenvalue weighted by molar-refractivity contribution is 6.09. The van der Waals surface area contributed by atoms with E-state index in [-0.39, 0.29) is 24.5 Å². The summed E-state index contributed by atoms with van der Waals surface area (Å²) >= 11 is 0. The van der Waals surface area contributed by atoms with Crippen LogP contribution in [0.2, 0.25) is 0 Å². The van der Waals surface area contributed by atoms with Gasteiger partial charge in [-0.25, -0.2) is 0 Å². The van der Waals surface area contributed by atoms with Crippen LogP contribution in [-0.4, -0.2) is 29.4 Å². The van der Waals surface area contributed by atoms with Crippen LogP contribution in [0, 0.1) is 5.41 Å². The van der Waals surface area contributed by atoms with Gasteiger partial charge in [0.2, 0.25) is 0 Å². The number of amidine groups is 1. The zero-order valence-corrected chi connectivity index (χ0v) is 17.5. The molecule has 144 valence electrons. The number of nitrogens with one attached hydrogen (secondary N) is 1. The molecule has 0 heterocycles. The predicted octanol–water partition coefficient (Wildman–Crippen LogP) is 6.27. The highest BCUT2D eigenvalue weighted by atomic mass is 35.5. The van der Waals surface area contributed by atoms with Gasteiger partial charge in [-0.1, -0.05) is 44.0 Å². The fraction of sp³-hybridized carbons (Fsp3) is 0.500. The van der Waals surface area contributed by atoms with Crippen molar-refractivity contribution in [3.63, 3.8) is 0 Å². The second-order valence-corrected chi connectivity index (χ2v) is 7.16. The second kappa shape index (κ2) is 10.4. The Morgan fingerprint density at radius 1 is 0.962 bits per heavy atom. The van der Waals surface area contributed by atoms with E-state index in [1.165, 1.54) is 12.8 Å². The predicted molar refractivity (Wildman–Crippen MR) is 115 cm³/mol. The van der Waals surface area contributed by atoms with Gasteiger partial charge in [-0.3, -0.25) is 5.41 Å². The summed E-state index contributed by atoms with van der Waals surface area (Å²) in [6.45, 7) is 11.5. The maximum absolute atomic E-state index is 8.78. The van der Waals surface area contributed by atoms with Gasteiger partial charge < -0.3 is 9.64 Å². The molecule has 4 heteroatoms. The molecule has 0 fully saturated rings. The molecule has 0 unspecified atom stereocenters. The third-order valence-electron chi connectivity index (χ3n) is 4.52. The first kappa shape index (κ1) is 22.3. The molecule has 0 saturated carbocycles. The van der Waals surface area contributed by atoms with E-state index in [2.05, 4.69) is 51.7 Å². The summed E-state index contributed by atoms with van der Waals surface area (Å²) < 4.78 is 6.03. The molecule has 0 saturated heterocycles. The topological polar surface area (TPSA) is 36.3 Å². The largest absolute Gasteiger partial charge is 0.493 e. The van der Waals surface area contributed by atoms with Crippen LogP contribution in [0.1, 0.15) is 59.4 Å². The van der Waals surface area contributed by atoms with Crippen molar-refractivity contribution in [1.29, 1.82) is 5.41 Å². The lowest BCUT2D eigenvalue weighted by Gasteiger charge is -2.33. The quantitative estimate of drug-likeness (QED) is 0.334. The first-order chi connectivity index (χ1) is 12.0. The molecule has 0 bridgehead atoms. The van der Waals surface area contributed by atoms with Crippen LogP contribution in [0.4, 0.5) is 0 Å². The Hall–Kier alpha value is -1.74. The molecular weight excluding hydrogens is 344 g/mol. The van der Waals surface area contributed by atoms with Crippen molar-refractivity contribution < 1.29 is 4.74 Å². The molecule has 2 aromatic rings. The highest BCUT2D eigenvalue weighted by Gasteiger charge is 2.20. The number of ether oxygens (including phenoxy) is 1. The summed E-state index contributed by atoms with van der Waals surface area (Å²) in [7, 11) is 0. The summed E-state index contributed by atoms with van der Waals surface area (Å²) in [5, 5.41) is 11.0. The minimum absolute atomic E-state index is 0. The van der Waals surface area contributed by atoms with Gasteiger partial charge in [0.15, 0.2) is 0 Å². The second-order valence-electron chi connectivity index (χ2n) is 7.16. The van der Waals surface area contributed by atoms with E-state index in [1.807, 2.05) is 24.3 Å². The lowest BCUT2D eigenvalue weighted by atomic mass is 10.0. The van der Waals surface area contributed by atoms with Gasteiger partial charge in [0.25, 0.3) is 0 Å². The van der Waals surface area contributed by atoms with Crippen LogP contribution in [-0.2, 0) is 0 Å². The first-order valence-corrected chi connectivity index (χ1v) is 9.49. The normalized spacial score (nSPS) is 10.9. The van der Waals surface area contributed by atoms with Crippen molar-refractivity contribution in [2.45, 2.75) is 66.0 Å². The summed E-state index contributed by atoms with van der Waals surface area (Å²) in [5.41, 5.74) is 0.971. The summed E-state index contributed by atoms with van der Waals surface area (Å²) in [6, 6.07) is 12.9. The van der Waals surface area contributed by atoms with Crippen LogP contribution in [0.15, 0.2) is 36.4 Å². The SMILES string of the molecule is CCCCCOc1ccc(C(=N)N(C(C)C)C(C)C)c2ccccc12.Cl. The fourth-order valence-electron chi connectivity index (χ4n) is 3.39. The van der Waals surface area contributed by atoms with E-state index < -0.39 is 0 Å². The summed E-state index contributed by atoms with van der Waals surface area (Å²) in [6.07, 6.45) is 3.47. The molecule has 0 aliphatic carbocycles. The van der Waals surface area contributed by atoms with E-state index in [9.17, 15) is 0 Å². The number of fused-ring (bicyclic) bond motifs is 1. The third-order valence-corrected chi connectivity index (χ3v) is 4.52. The smallest absolute Gasteiger partial charge is 0.129 e. The molecule has 2 rings (SSSR count). The van der Waals surface area contributed by atoms with Crippen LogP contribution < -0.4 is 4.74 Å². The van der Waals surface area contributed by atoms with Gasteiger partial charge >= 0.3 is 0 Å². The number of hydrogen-bond acceptors (Lipinski definition) is 2. The van der Waals surface area contributed by atoms with Crippen LogP contribution in [0.25, 0.3) is 10.8 Å². The Kier molecular flexibility index (Phi) is 8.94. The third kappa shape index (κ3) is 5.14. The molecule has 0 aliphatic heterocycles. The number of benzene rings is 2. The Labute approximate surface area is 164 Å². The van der Waals surface area contributed by atoms with Crippen molar-refractivity contribution >= 4 is 29.0 Å². The Morgan fingerprint density at radius 3 is 2.15 bits per heavy atom. The van der Waals surface area contributed by atoms with Gasteiger partial charge in [-0.05, 0) is 51.6 Å². The van der Waals surface area contributed by atoms with E-state index in [1.54, 1.807) is 0 Å².